The smallest absolute Gasteiger partial charge is 0.233 e. The van der Waals surface area contributed by atoms with Gasteiger partial charge in [0.1, 0.15) is 5.54 Å². The Kier molecular flexibility index (Phi) is 4.75. The van der Waals surface area contributed by atoms with Crippen molar-refractivity contribution in [1.29, 1.82) is 0 Å². The third-order valence-electron chi connectivity index (χ3n) is 3.34. The maximum absolute atomic E-state index is 6.23. The molecule has 2 atom stereocenters. The normalized spacial score (nSPS) is 15.9. The molecule has 2 unspecified atom stereocenters. The quantitative estimate of drug-likeness (QED) is 0.885. The van der Waals surface area contributed by atoms with E-state index < -0.39 is 5.54 Å². The second-order valence-electron chi connectivity index (χ2n) is 5.87. The summed E-state index contributed by atoms with van der Waals surface area (Å²) in [6, 6.07) is 10.0. The number of rotatable bonds is 6. The molecule has 21 heavy (non-hydrogen) atoms. The Bertz CT molecular complexity index is 564. The van der Waals surface area contributed by atoms with Crippen LogP contribution in [0.25, 0.3) is 0 Å². The van der Waals surface area contributed by atoms with E-state index in [9.17, 15) is 0 Å². The van der Waals surface area contributed by atoms with Crippen LogP contribution in [-0.2, 0) is 10.3 Å². The molecule has 1 aromatic heterocycles. The van der Waals surface area contributed by atoms with Crippen molar-refractivity contribution in [2.75, 3.05) is 6.61 Å². The number of nitrogens with zero attached hydrogens (tertiary/aromatic N) is 2. The van der Waals surface area contributed by atoms with Gasteiger partial charge in [0.2, 0.25) is 5.89 Å². The average Bonchev–Trinajstić information content (AvgIpc) is 2.96. The molecule has 0 amide bonds. The molecule has 0 saturated carbocycles. The van der Waals surface area contributed by atoms with E-state index in [1.807, 2.05) is 58.0 Å². The van der Waals surface area contributed by atoms with E-state index in [1.165, 1.54) is 0 Å². The van der Waals surface area contributed by atoms with Gasteiger partial charge < -0.3 is 15.0 Å². The summed E-state index contributed by atoms with van der Waals surface area (Å²) in [5, 5.41) is 4.02. The molecule has 0 aliphatic carbocycles. The Morgan fingerprint density at radius 2 is 1.90 bits per heavy atom. The minimum absolute atomic E-state index is 0.0364. The van der Waals surface area contributed by atoms with Crippen molar-refractivity contribution in [3.8, 4) is 0 Å². The summed E-state index contributed by atoms with van der Waals surface area (Å²) in [5.74, 6) is 1.08. The maximum atomic E-state index is 6.23. The van der Waals surface area contributed by atoms with Crippen LogP contribution in [0.4, 0.5) is 0 Å². The first-order valence-corrected chi connectivity index (χ1v) is 7.19. The summed E-state index contributed by atoms with van der Waals surface area (Å²) in [5.41, 5.74) is 6.60. The van der Waals surface area contributed by atoms with E-state index in [0.29, 0.717) is 18.3 Å². The Morgan fingerprint density at radius 1 is 1.24 bits per heavy atom. The van der Waals surface area contributed by atoms with Gasteiger partial charge in [-0.05, 0) is 33.3 Å². The van der Waals surface area contributed by atoms with Crippen molar-refractivity contribution in [1.82, 2.24) is 10.1 Å². The highest BCUT2D eigenvalue weighted by Gasteiger charge is 2.29. The highest BCUT2D eigenvalue weighted by atomic mass is 16.5. The molecule has 114 valence electrons. The number of aromatic nitrogens is 2. The summed E-state index contributed by atoms with van der Waals surface area (Å²) in [6.45, 7) is 8.16. The first-order valence-electron chi connectivity index (χ1n) is 7.19. The number of hydrogen-bond acceptors (Lipinski definition) is 5. The van der Waals surface area contributed by atoms with Crippen molar-refractivity contribution in [3.05, 3.63) is 47.6 Å². The van der Waals surface area contributed by atoms with Crippen molar-refractivity contribution >= 4 is 0 Å². The Hall–Kier alpha value is -1.72. The molecule has 0 aliphatic heterocycles. The van der Waals surface area contributed by atoms with Crippen LogP contribution in [0.15, 0.2) is 34.9 Å². The minimum atomic E-state index is -0.761. The fourth-order valence-corrected chi connectivity index (χ4v) is 1.93. The Balaban J connectivity index is 2.14. The number of hydrogen-bond donors (Lipinski definition) is 1. The summed E-state index contributed by atoms with van der Waals surface area (Å²) in [6.07, 6.45) is 0.113. The molecule has 2 rings (SSSR count). The van der Waals surface area contributed by atoms with Crippen molar-refractivity contribution < 1.29 is 9.26 Å². The Labute approximate surface area is 125 Å². The maximum Gasteiger partial charge on any atom is 0.233 e. The molecule has 2 aromatic rings. The molecule has 0 spiro atoms. The van der Waals surface area contributed by atoms with E-state index in [1.54, 1.807) is 0 Å². The lowest BCUT2D eigenvalue weighted by molar-refractivity contribution is 0.0410. The third kappa shape index (κ3) is 3.89. The van der Waals surface area contributed by atoms with Gasteiger partial charge in [0.15, 0.2) is 5.82 Å². The zero-order valence-corrected chi connectivity index (χ0v) is 13.0. The van der Waals surface area contributed by atoms with Gasteiger partial charge in [-0.25, -0.2) is 0 Å². The van der Waals surface area contributed by atoms with E-state index in [-0.39, 0.29) is 12.0 Å². The van der Waals surface area contributed by atoms with Crippen LogP contribution in [-0.4, -0.2) is 22.9 Å². The van der Waals surface area contributed by atoms with Crippen LogP contribution < -0.4 is 5.73 Å². The molecular formula is C16H23N3O2. The second-order valence-corrected chi connectivity index (χ2v) is 5.87. The fourth-order valence-electron chi connectivity index (χ4n) is 1.93. The minimum Gasteiger partial charge on any atom is -0.376 e. The van der Waals surface area contributed by atoms with E-state index in [2.05, 4.69) is 10.1 Å². The number of ether oxygens (including phenoxy) is 1. The summed E-state index contributed by atoms with van der Waals surface area (Å²) < 4.78 is 10.9. The van der Waals surface area contributed by atoms with Crippen LogP contribution >= 0.6 is 0 Å². The molecule has 1 aromatic carbocycles. The van der Waals surface area contributed by atoms with Crippen LogP contribution in [0, 0.1) is 0 Å². The molecule has 0 saturated heterocycles. The third-order valence-corrected chi connectivity index (χ3v) is 3.34. The van der Waals surface area contributed by atoms with Crippen molar-refractivity contribution in [2.24, 2.45) is 5.73 Å². The monoisotopic (exact) mass is 289 g/mol. The molecule has 5 nitrogen and oxygen atoms in total. The SMILES string of the molecule is CC(C)OCC(C)(N)c1noc(C(C)c2ccccc2)n1. The van der Waals surface area contributed by atoms with Gasteiger partial charge in [-0.15, -0.1) is 0 Å². The van der Waals surface area contributed by atoms with Crippen LogP contribution in [0.2, 0.25) is 0 Å². The second kappa shape index (κ2) is 6.37. The molecule has 0 radical (unpaired) electrons. The first-order chi connectivity index (χ1) is 9.90. The zero-order chi connectivity index (χ0) is 15.5. The van der Waals surface area contributed by atoms with Crippen LogP contribution in [0.1, 0.15) is 50.9 Å². The van der Waals surface area contributed by atoms with Gasteiger partial charge in [-0.1, -0.05) is 35.5 Å². The molecular weight excluding hydrogens is 266 g/mol. The molecule has 5 heteroatoms. The van der Waals surface area contributed by atoms with Crippen molar-refractivity contribution in [3.63, 3.8) is 0 Å². The number of nitrogens with two attached hydrogens (primary N) is 1. The summed E-state index contributed by atoms with van der Waals surface area (Å²) in [4.78, 5) is 4.45. The summed E-state index contributed by atoms with van der Waals surface area (Å²) in [7, 11) is 0. The van der Waals surface area contributed by atoms with Gasteiger partial charge in [-0.3, -0.25) is 0 Å². The predicted molar refractivity (Wildman–Crippen MR) is 80.9 cm³/mol. The standard InChI is InChI=1S/C16H23N3O2/c1-11(2)20-10-16(4,17)15-18-14(21-19-15)12(3)13-8-6-5-7-9-13/h5-9,11-12H,10,17H2,1-4H3. The van der Waals surface area contributed by atoms with Crippen molar-refractivity contribution in [2.45, 2.75) is 45.3 Å². The van der Waals surface area contributed by atoms with Gasteiger partial charge in [0.05, 0.1) is 18.6 Å². The number of benzene rings is 1. The van der Waals surface area contributed by atoms with Gasteiger partial charge in [0.25, 0.3) is 0 Å². The van der Waals surface area contributed by atoms with Gasteiger partial charge in [-0.2, -0.15) is 4.98 Å². The Morgan fingerprint density at radius 3 is 2.52 bits per heavy atom. The molecule has 2 N–H and O–H groups in total. The predicted octanol–water partition coefficient (Wildman–Crippen LogP) is 2.82. The molecule has 0 fully saturated rings. The van der Waals surface area contributed by atoms with Gasteiger partial charge in [0, 0.05) is 0 Å². The lowest BCUT2D eigenvalue weighted by Crippen LogP contribution is -2.40. The lowest BCUT2D eigenvalue weighted by atomic mass is 10.0. The molecule has 0 aliphatic rings. The zero-order valence-electron chi connectivity index (χ0n) is 13.0. The largest absolute Gasteiger partial charge is 0.376 e. The lowest BCUT2D eigenvalue weighted by Gasteiger charge is -2.21. The molecule has 1 heterocycles. The highest BCUT2D eigenvalue weighted by molar-refractivity contribution is 5.23. The van der Waals surface area contributed by atoms with Crippen LogP contribution in [0.5, 0.6) is 0 Å². The van der Waals surface area contributed by atoms with E-state index in [0.717, 1.165) is 5.56 Å². The van der Waals surface area contributed by atoms with Crippen LogP contribution in [0.3, 0.4) is 0 Å². The van der Waals surface area contributed by atoms with E-state index >= 15 is 0 Å². The topological polar surface area (TPSA) is 74.2 Å². The fraction of sp³-hybridized carbons (Fsp3) is 0.500. The highest BCUT2D eigenvalue weighted by Crippen LogP contribution is 2.24. The molecule has 0 bridgehead atoms. The first kappa shape index (κ1) is 15.7. The summed E-state index contributed by atoms with van der Waals surface area (Å²) >= 11 is 0. The average molecular weight is 289 g/mol. The van der Waals surface area contributed by atoms with Gasteiger partial charge >= 0.3 is 0 Å². The van der Waals surface area contributed by atoms with E-state index in [4.69, 9.17) is 15.0 Å².